The molecule has 13 heavy (non-hydrogen) atoms. The fourth-order valence-corrected chi connectivity index (χ4v) is 1.82. The number of hydrogen-bond acceptors (Lipinski definition) is 4. The van der Waals surface area contributed by atoms with Gasteiger partial charge in [0.25, 0.3) is 0 Å². The first-order chi connectivity index (χ1) is 5.63. The molecule has 0 aliphatic carbocycles. The van der Waals surface area contributed by atoms with Crippen molar-refractivity contribution in [2.75, 3.05) is 13.1 Å². The zero-order valence-corrected chi connectivity index (χ0v) is 10.4. The molecule has 0 spiro atoms. The normalized spacial score (nSPS) is 29.2. The Morgan fingerprint density at radius 2 is 1.85 bits per heavy atom. The van der Waals surface area contributed by atoms with Gasteiger partial charge in [-0.2, -0.15) is 0 Å². The van der Waals surface area contributed by atoms with E-state index in [1.807, 2.05) is 0 Å². The van der Waals surface area contributed by atoms with Gasteiger partial charge in [-0.15, -0.1) is 4.91 Å². The first-order valence-electron chi connectivity index (χ1n) is 4.19. The third-order valence-electron chi connectivity index (χ3n) is 2.16. The predicted octanol–water partition coefficient (Wildman–Crippen LogP) is -1.64. The van der Waals surface area contributed by atoms with Crippen molar-refractivity contribution in [2.45, 2.75) is 20.3 Å². The van der Waals surface area contributed by atoms with E-state index in [-0.39, 0.29) is 34.8 Å². The Morgan fingerprint density at radius 3 is 2.23 bits per heavy atom. The molecule has 1 saturated heterocycles. The molecule has 1 rings (SSSR count). The van der Waals surface area contributed by atoms with Gasteiger partial charge in [0.1, 0.15) is 0 Å². The van der Waals surface area contributed by atoms with Crippen molar-refractivity contribution >= 4 is 0 Å². The Balaban J connectivity index is 0.00000144. The molecule has 1 aliphatic heterocycles. The summed E-state index contributed by atoms with van der Waals surface area (Å²) in [5.74, 6) is 0.930. The van der Waals surface area contributed by atoms with E-state index < -0.39 is 0 Å². The average Bonchev–Trinajstić information content (AvgIpc) is 2.01. The number of hydrogen-bond donors (Lipinski definition) is 0. The van der Waals surface area contributed by atoms with Crippen molar-refractivity contribution in [2.24, 2.45) is 17.1 Å². The maximum atomic E-state index is 10.8. The molecule has 6 heteroatoms. The summed E-state index contributed by atoms with van der Waals surface area (Å²) in [7, 11) is 0. The molecule has 0 aromatic carbocycles. The standard InChI is InChI=1S/C7H14N3O2.Na/c1-6-3-7(2)5-9(4-6)10(12)8-11;/h6-7H,3-5H2,1-2H3;/q-1;+1. The minimum atomic E-state index is 0. The molecular weight excluding hydrogens is 181 g/mol. The van der Waals surface area contributed by atoms with E-state index in [1.54, 1.807) is 0 Å². The average molecular weight is 195 g/mol. The van der Waals surface area contributed by atoms with Crippen LogP contribution < -0.4 is 29.6 Å². The van der Waals surface area contributed by atoms with Gasteiger partial charge in [0.15, 0.2) is 0 Å². The number of nitrogens with zero attached hydrogens (tertiary/aromatic N) is 3. The zero-order valence-electron chi connectivity index (χ0n) is 8.43. The minimum Gasteiger partial charge on any atom is -0.724 e. The van der Waals surface area contributed by atoms with E-state index in [0.29, 0.717) is 24.9 Å². The molecule has 1 fully saturated rings. The summed E-state index contributed by atoms with van der Waals surface area (Å²) in [5.41, 5.74) is 0. The van der Waals surface area contributed by atoms with Gasteiger partial charge in [0.2, 0.25) is 0 Å². The molecule has 0 aromatic rings. The molecular formula is C7H14N3NaO2. The topological polar surface area (TPSA) is 59.0 Å². The summed E-state index contributed by atoms with van der Waals surface area (Å²) in [4.78, 5) is 9.94. The van der Waals surface area contributed by atoms with E-state index in [0.717, 1.165) is 6.42 Å². The molecule has 70 valence electrons. The molecule has 0 amide bonds. The minimum absolute atomic E-state index is 0. The number of nitroso groups, excluding NO2 is 1. The first kappa shape index (κ1) is 13.3. The molecule has 0 radical (unpaired) electrons. The third kappa shape index (κ3) is 3.91. The molecule has 1 aliphatic rings. The van der Waals surface area contributed by atoms with E-state index in [9.17, 15) is 10.1 Å². The van der Waals surface area contributed by atoms with Crippen molar-refractivity contribution in [1.82, 2.24) is 10.3 Å². The maximum absolute atomic E-state index is 10.8. The van der Waals surface area contributed by atoms with Gasteiger partial charge in [-0.05, 0) is 18.3 Å². The van der Waals surface area contributed by atoms with Crippen LogP contribution in [0.3, 0.4) is 0 Å². The van der Waals surface area contributed by atoms with Crippen LogP contribution >= 0.6 is 0 Å². The Morgan fingerprint density at radius 1 is 1.38 bits per heavy atom. The van der Waals surface area contributed by atoms with Crippen LogP contribution in [0.4, 0.5) is 0 Å². The quantitative estimate of drug-likeness (QED) is 0.301. The summed E-state index contributed by atoms with van der Waals surface area (Å²) in [5, 5.41) is 14.8. The van der Waals surface area contributed by atoms with Crippen LogP contribution in [0.15, 0.2) is 5.29 Å². The summed E-state index contributed by atoms with van der Waals surface area (Å²) in [6.45, 7) is 5.42. The summed E-state index contributed by atoms with van der Waals surface area (Å²) in [6.07, 6.45) is 1.11. The van der Waals surface area contributed by atoms with Crippen LogP contribution in [-0.4, -0.2) is 23.4 Å². The van der Waals surface area contributed by atoms with Crippen LogP contribution in [0.1, 0.15) is 20.3 Å². The second-order valence-electron chi connectivity index (χ2n) is 3.65. The van der Waals surface area contributed by atoms with E-state index in [4.69, 9.17) is 0 Å². The van der Waals surface area contributed by atoms with Crippen LogP contribution in [0.5, 0.6) is 0 Å². The molecule has 0 aromatic heterocycles. The van der Waals surface area contributed by atoms with Crippen molar-refractivity contribution in [3.8, 4) is 0 Å². The van der Waals surface area contributed by atoms with Crippen molar-refractivity contribution in [3.05, 3.63) is 10.1 Å². The zero-order chi connectivity index (χ0) is 9.14. The molecule has 2 unspecified atom stereocenters. The van der Waals surface area contributed by atoms with Crippen LogP contribution in [0.2, 0.25) is 0 Å². The van der Waals surface area contributed by atoms with E-state index in [2.05, 4.69) is 19.1 Å². The fourth-order valence-electron chi connectivity index (χ4n) is 1.82. The molecule has 2 atom stereocenters. The second-order valence-corrected chi connectivity index (χ2v) is 3.65. The SMILES string of the molecule is CC1CC(C)CN(N([O-])N=O)C1.[Na+]. The molecule has 1 heterocycles. The third-order valence-corrected chi connectivity index (χ3v) is 2.16. The molecule has 0 saturated carbocycles. The molecule has 5 nitrogen and oxygen atoms in total. The summed E-state index contributed by atoms with van der Waals surface area (Å²) in [6, 6.07) is 0. The smallest absolute Gasteiger partial charge is 0.724 e. The monoisotopic (exact) mass is 195 g/mol. The summed E-state index contributed by atoms with van der Waals surface area (Å²) < 4.78 is 0. The van der Waals surface area contributed by atoms with Gasteiger partial charge < -0.3 is 5.21 Å². The van der Waals surface area contributed by atoms with Gasteiger partial charge in [-0.3, -0.25) is 5.28 Å². The fraction of sp³-hybridized carbons (Fsp3) is 1.00. The van der Waals surface area contributed by atoms with Crippen molar-refractivity contribution in [3.63, 3.8) is 0 Å². The van der Waals surface area contributed by atoms with Gasteiger partial charge in [0, 0.05) is 13.1 Å². The Hall–Kier alpha value is 0.320. The second kappa shape index (κ2) is 5.93. The Bertz CT molecular complexity index is 160. The van der Waals surface area contributed by atoms with E-state index >= 15 is 0 Å². The van der Waals surface area contributed by atoms with Crippen LogP contribution in [0, 0.1) is 22.0 Å². The van der Waals surface area contributed by atoms with E-state index in [1.165, 1.54) is 5.01 Å². The number of rotatable bonds is 2. The first-order valence-corrected chi connectivity index (χ1v) is 4.19. The summed E-state index contributed by atoms with van der Waals surface area (Å²) >= 11 is 0. The van der Waals surface area contributed by atoms with Gasteiger partial charge in [0.05, 0.1) is 5.29 Å². The Labute approximate surface area is 100 Å². The Kier molecular flexibility index (Phi) is 6.07. The largest absolute Gasteiger partial charge is 1.00 e. The molecule has 0 N–H and O–H groups in total. The maximum Gasteiger partial charge on any atom is 1.00 e. The van der Waals surface area contributed by atoms with Gasteiger partial charge in [-0.1, -0.05) is 13.8 Å². The van der Waals surface area contributed by atoms with Gasteiger partial charge >= 0.3 is 29.6 Å². The predicted molar refractivity (Wildman–Crippen MR) is 45.5 cm³/mol. The van der Waals surface area contributed by atoms with Gasteiger partial charge in [-0.25, -0.2) is 5.01 Å². The van der Waals surface area contributed by atoms with Crippen LogP contribution in [0.25, 0.3) is 0 Å². The molecule has 0 bridgehead atoms. The van der Waals surface area contributed by atoms with Crippen molar-refractivity contribution < 1.29 is 29.6 Å². The number of piperidine rings is 1. The number of hydrazine groups is 1. The van der Waals surface area contributed by atoms with Crippen molar-refractivity contribution in [1.29, 1.82) is 0 Å². The van der Waals surface area contributed by atoms with Crippen LogP contribution in [-0.2, 0) is 0 Å².